The summed E-state index contributed by atoms with van der Waals surface area (Å²) in [7, 11) is 0. The minimum Gasteiger partial charge on any atom is -0.334 e. The normalized spacial score (nSPS) is 10.7. The number of carbonyl (C=O) groups is 1. The van der Waals surface area contributed by atoms with E-state index in [0.717, 1.165) is 0 Å². The maximum absolute atomic E-state index is 12.2. The summed E-state index contributed by atoms with van der Waals surface area (Å²) in [6.45, 7) is 5.30. The van der Waals surface area contributed by atoms with Gasteiger partial charge < -0.3 is 5.32 Å². The number of nitro groups is 1. The molecule has 0 fully saturated rings. The van der Waals surface area contributed by atoms with E-state index in [-0.39, 0.29) is 11.3 Å². The van der Waals surface area contributed by atoms with Crippen molar-refractivity contribution >= 4 is 11.6 Å². The second kappa shape index (κ2) is 6.15. The molecule has 0 radical (unpaired) electrons. The van der Waals surface area contributed by atoms with Crippen LogP contribution in [0, 0.1) is 28.4 Å². The van der Waals surface area contributed by atoms with E-state index < -0.39 is 16.4 Å². The van der Waals surface area contributed by atoms with Gasteiger partial charge in [0.2, 0.25) is 0 Å². The zero-order valence-corrected chi connectivity index (χ0v) is 11.8. The van der Waals surface area contributed by atoms with E-state index in [4.69, 9.17) is 0 Å². The predicted molar refractivity (Wildman–Crippen MR) is 74.2 cm³/mol. The summed E-state index contributed by atoms with van der Waals surface area (Å²) >= 11 is 0. The van der Waals surface area contributed by atoms with Gasteiger partial charge in [0.25, 0.3) is 11.6 Å². The summed E-state index contributed by atoms with van der Waals surface area (Å²) in [5, 5.41) is 22.7. The second-order valence-corrected chi connectivity index (χ2v) is 4.67. The zero-order chi connectivity index (χ0) is 15.3. The number of amides is 1. The van der Waals surface area contributed by atoms with Gasteiger partial charge in [0.05, 0.1) is 11.0 Å². The van der Waals surface area contributed by atoms with Crippen LogP contribution in [0.5, 0.6) is 0 Å². The van der Waals surface area contributed by atoms with E-state index in [1.807, 2.05) is 13.8 Å². The molecule has 0 bridgehead atoms. The van der Waals surface area contributed by atoms with Crippen molar-refractivity contribution in [3.05, 3.63) is 39.4 Å². The smallest absolute Gasteiger partial charge is 0.270 e. The second-order valence-electron chi connectivity index (χ2n) is 4.67. The van der Waals surface area contributed by atoms with Crippen molar-refractivity contribution in [2.75, 3.05) is 0 Å². The van der Waals surface area contributed by atoms with Gasteiger partial charge in [-0.2, -0.15) is 5.26 Å². The first-order chi connectivity index (χ1) is 9.37. The molecule has 0 spiro atoms. The average molecular weight is 275 g/mol. The Morgan fingerprint density at radius 3 is 2.45 bits per heavy atom. The molecule has 0 aliphatic rings. The molecule has 1 aromatic rings. The zero-order valence-electron chi connectivity index (χ0n) is 11.8. The third-order valence-corrected chi connectivity index (χ3v) is 3.31. The Balaban J connectivity index is 3.10. The Hall–Kier alpha value is -2.42. The lowest BCUT2D eigenvalue weighted by atomic mass is 9.94. The Kier molecular flexibility index (Phi) is 4.81. The van der Waals surface area contributed by atoms with Crippen LogP contribution in [0.25, 0.3) is 0 Å². The topological polar surface area (TPSA) is 96.0 Å². The lowest BCUT2D eigenvalue weighted by Crippen LogP contribution is -2.46. The van der Waals surface area contributed by atoms with Crippen LogP contribution in [-0.2, 0) is 0 Å². The van der Waals surface area contributed by atoms with Crippen LogP contribution in [0.3, 0.4) is 0 Å². The monoisotopic (exact) mass is 275 g/mol. The summed E-state index contributed by atoms with van der Waals surface area (Å²) in [6.07, 6.45) is 0.944. The number of non-ortho nitro benzene ring substituents is 1. The van der Waals surface area contributed by atoms with E-state index in [1.54, 1.807) is 13.0 Å². The van der Waals surface area contributed by atoms with Crippen LogP contribution in [0.1, 0.15) is 42.6 Å². The van der Waals surface area contributed by atoms with Gasteiger partial charge in [-0.15, -0.1) is 0 Å². The van der Waals surface area contributed by atoms with Crippen molar-refractivity contribution in [3.63, 3.8) is 0 Å². The number of nitrogens with one attached hydrogen (secondary N) is 1. The fourth-order valence-electron chi connectivity index (χ4n) is 1.90. The van der Waals surface area contributed by atoms with Gasteiger partial charge in [-0.1, -0.05) is 13.8 Å². The van der Waals surface area contributed by atoms with Crippen molar-refractivity contribution in [1.82, 2.24) is 5.32 Å². The SMILES string of the molecule is CCC(C#N)(CC)NC(=O)c1cc(C)cc([N+](=O)[O-])c1. The van der Waals surface area contributed by atoms with E-state index in [1.165, 1.54) is 12.1 Å². The van der Waals surface area contributed by atoms with Crippen molar-refractivity contribution in [3.8, 4) is 6.07 Å². The summed E-state index contributed by atoms with van der Waals surface area (Å²) < 4.78 is 0. The summed E-state index contributed by atoms with van der Waals surface area (Å²) in [5.74, 6) is -0.470. The first kappa shape index (κ1) is 15.6. The van der Waals surface area contributed by atoms with Crippen LogP contribution in [0.4, 0.5) is 5.69 Å². The fraction of sp³-hybridized carbons (Fsp3) is 0.429. The number of carbonyl (C=O) groups excluding carboxylic acids is 1. The molecule has 0 saturated carbocycles. The maximum atomic E-state index is 12.2. The molecule has 0 atom stereocenters. The van der Waals surface area contributed by atoms with Crippen LogP contribution >= 0.6 is 0 Å². The molecule has 1 rings (SSSR count). The van der Waals surface area contributed by atoms with Gasteiger partial charge in [-0.05, 0) is 31.4 Å². The quantitative estimate of drug-likeness (QED) is 0.660. The van der Waals surface area contributed by atoms with Crippen LogP contribution in [0.2, 0.25) is 0 Å². The van der Waals surface area contributed by atoms with E-state index in [2.05, 4.69) is 11.4 Å². The molecule has 20 heavy (non-hydrogen) atoms. The van der Waals surface area contributed by atoms with E-state index in [0.29, 0.717) is 18.4 Å². The predicted octanol–water partition coefficient (Wildman–Crippen LogP) is 2.72. The number of rotatable bonds is 5. The summed E-state index contributed by atoms with van der Waals surface area (Å²) in [4.78, 5) is 22.4. The van der Waals surface area contributed by atoms with Crippen molar-refractivity contribution in [2.24, 2.45) is 0 Å². The van der Waals surface area contributed by atoms with Crippen molar-refractivity contribution in [1.29, 1.82) is 5.26 Å². The largest absolute Gasteiger partial charge is 0.334 e. The number of hydrogen-bond acceptors (Lipinski definition) is 4. The minimum absolute atomic E-state index is 0.134. The molecule has 0 aliphatic carbocycles. The highest BCUT2D eigenvalue weighted by Crippen LogP contribution is 2.19. The maximum Gasteiger partial charge on any atom is 0.270 e. The fourth-order valence-corrected chi connectivity index (χ4v) is 1.90. The van der Waals surface area contributed by atoms with Gasteiger partial charge in [0, 0.05) is 17.7 Å². The van der Waals surface area contributed by atoms with Gasteiger partial charge in [-0.3, -0.25) is 14.9 Å². The van der Waals surface area contributed by atoms with Crippen LogP contribution in [-0.4, -0.2) is 16.4 Å². The molecule has 1 amide bonds. The highest BCUT2D eigenvalue weighted by molar-refractivity contribution is 5.95. The number of hydrogen-bond donors (Lipinski definition) is 1. The molecule has 6 heteroatoms. The lowest BCUT2D eigenvalue weighted by molar-refractivity contribution is -0.384. The van der Waals surface area contributed by atoms with E-state index in [9.17, 15) is 20.2 Å². The minimum atomic E-state index is -0.935. The molecule has 0 aliphatic heterocycles. The van der Waals surface area contributed by atoms with Crippen molar-refractivity contribution < 1.29 is 9.72 Å². The number of nitriles is 1. The van der Waals surface area contributed by atoms with Crippen molar-refractivity contribution in [2.45, 2.75) is 39.2 Å². The van der Waals surface area contributed by atoms with Gasteiger partial charge in [0.15, 0.2) is 0 Å². The molecule has 0 unspecified atom stereocenters. The van der Waals surface area contributed by atoms with Gasteiger partial charge in [-0.25, -0.2) is 0 Å². The molecule has 106 valence electrons. The first-order valence-corrected chi connectivity index (χ1v) is 6.37. The number of benzene rings is 1. The summed E-state index contributed by atoms with van der Waals surface area (Å²) in [5.41, 5.74) is -0.251. The Morgan fingerprint density at radius 1 is 1.40 bits per heavy atom. The number of aryl methyl sites for hydroxylation is 1. The molecule has 0 aromatic heterocycles. The molecule has 6 nitrogen and oxygen atoms in total. The van der Waals surface area contributed by atoms with Gasteiger partial charge in [0.1, 0.15) is 5.54 Å². The average Bonchev–Trinajstić information content (AvgIpc) is 2.44. The Labute approximate surface area is 117 Å². The third kappa shape index (κ3) is 3.32. The molecule has 0 heterocycles. The molecule has 1 N–H and O–H groups in total. The van der Waals surface area contributed by atoms with Gasteiger partial charge >= 0.3 is 0 Å². The standard InChI is InChI=1S/C14H17N3O3/c1-4-14(5-2,9-15)16-13(18)11-6-10(3)7-12(8-11)17(19)20/h6-8H,4-5H2,1-3H3,(H,16,18). The first-order valence-electron chi connectivity index (χ1n) is 6.37. The highest BCUT2D eigenvalue weighted by Gasteiger charge is 2.28. The number of nitro benzene ring substituents is 1. The highest BCUT2D eigenvalue weighted by atomic mass is 16.6. The Bertz CT molecular complexity index is 572. The Morgan fingerprint density at radius 2 is 2.00 bits per heavy atom. The molecular weight excluding hydrogens is 258 g/mol. The summed E-state index contributed by atoms with van der Waals surface area (Å²) in [6, 6.07) is 6.28. The molecule has 0 saturated heterocycles. The van der Waals surface area contributed by atoms with E-state index >= 15 is 0 Å². The molecular formula is C14H17N3O3. The third-order valence-electron chi connectivity index (χ3n) is 3.31. The van der Waals surface area contributed by atoms with Crippen LogP contribution in [0.15, 0.2) is 18.2 Å². The number of nitrogens with zero attached hydrogens (tertiary/aromatic N) is 2. The lowest BCUT2D eigenvalue weighted by Gasteiger charge is -2.24. The molecule has 1 aromatic carbocycles. The van der Waals surface area contributed by atoms with Crippen LogP contribution < -0.4 is 5.32 Å².